The first-order chi connectivity index (χ1) is 20.6. The van der Waals surface area contributed by atoms with Crippen molar-refractivity contribution in [2.45, 2.75) is 117 Å². The lowest BCUT2D eigenvalue weighted by Gasteiger charge is -2.13. The molecule has 5 nitrogen and oxygen atoms in total. The predicted molar refractivity (Wildman–Crippen MR) is 178 cm³/mol. The summed E-state index contributed by atoms with van der Waals surface area (Å²) in [6, 6.07) is 15.0. The summed E-state index contributed by atoms with van der Waals surface area (Å²) in [5, 5.41) is 6.46. The molecule has 2 aromatic carbocycles. The molecule has 2 rings (SSSR count). The van der Waals surface area contributed by atoms with E-state index in [-0.39, 0.29) is 11.6 Å². The summed E-state index contributed by atoms with van der Waals surface area (Å²) in [6.45, 7) is 5.15. The number of allylic oxidation sites excluding steroid dienone is 2. The summed E-state index contributed by atoms with van der Waals surface area (Å²) >= 11 is 0. The molecule has 0 aliphatic rings. The quantitative estimate of drug-likeness (QED) is 0.0701. The minimum absolute atomic E-state index is 0.0708. The van der Waals surface area contributed by atoms with Gasteiger partial charge in [-0.3, -0.25) is 9.59 Å². The number of benzene rings is 2. The van der Waals surface area contributed by atoms with Crippen molar-refractivity contribution in [2.75, 3.05) is 17.2 Å². The molecule has 0 aliphatic carbocycles. The molecular formula is C37H54N2O3. The van der Waals surface area contributed by atoms with Gasteiger partial charge in [-0.15, -0.1) is 0 Å². The maximum atomic E-state index is 12.4. The van der Waals surface area contributed by atoms with Crippen LogP contribution in [0.5, 0.6) is 5.75 Å². The van der Waals surface area contributed by atoms with Crippen molar-refractivity contribution in [3.63, 3.8) is 0 Å². The zero-order valence-electron chi connectivity index (χ0n) is 26.2. The van der Waals surface area contributed by atoms with Crippen molar-refractivity contribution < 1.29 is 14.3 Å². The average molecular weight is 575 g/mol. The first kappa shape index (κ1) is 34.9. The molecule has 0 aromatic heterocycles. The molecule has 42 heavy (non-hydrogen) atoms. The van der Waals surface area contributed by atoms with Gasteiger partial charge in [-0.1, -0.05) is 128 Å². The zero-order valence-corrected chi connectivity index (χ0v) is 26.2. The van der Waals surface area contributed by atoms with Crippen molar-refractivity contribution in [2.24, 2.45) is 0 Å². The summed E-state index contributed by atoms with van der Waals surface area (Å²) in [6.07, 6.45) is 25.5. The summed E-state index contributed by atoms with van der Waals surface area (Å²) in [4.78, 5) is 24.9. The number of ether oxygens (including phenoxy) is 1. The van der Waals surface area contributed by atoms with E-state index in [2.05, 4.69) is 24.5 Å². The standard InChI is InChI=1S/C37H54N2O3/c1-3-5-7-9-11-12-13-14-19-23-33(40)26-28-39-36-31-34(42-30-20-15-10-8-6-4-2)24-25-35(36)38-29-27-37(41)32-21-17-16-18-22-32/h16-18,21-22,24-29,31,38-39H,3-15,19-20,23,30H2,1-2H3/b28-26+,29-27+. The summed E-state index contributed by atoms with van der Waals surface area (Å²) in [7, 11) is 0. The van der Waals surface area contributed by atoms with Gasteiger partial charge in [0.25, 0.3) is 0 Å². The topological polar surface area (TPSA) is 67.4 Å². The highest BCUT2D eigenvalue weighted by atomic mass is 16.5. The number of rotatable bonds is 25. The maximum absolute atomic E-state index is 12.4. The van der Waals surface area contributed by atoms with Crippen molar-refractivity contribution in [1.82, 2.24) is 0 Å². The fourth-order valence-corrected chi connectivity index (χ4v) is 4.75. The normalized spacial score (nSPS) is 11.3. The Morgan fingerprint density at radius 3 is 1.88 bits per heavy atom. The molecule has 0 spiro atoms. The molecule has 0 saturated carbocycles. The molecule has 0 saturated heterocycles. The van der Waals surface area contributed by atoms with Gasteiger partial charge < -0.3 is 15.4 Å². The van der Waals surface area contributed by atoms with E-state index in [1.165, 1.54) is 83.1 Å². The first-order valence-corrected chi connectivity index (χ1v) is 16.4. The largest absolute Gasteiger partial charge is 0.494 e. The zero-order chi connectivity index (χ0) is 30.1. The molecule has 0 heterocycles. The maximum Gasteiger partial charge on any atom is 0.187 e. The Kier molecular flexibility index (Phi) is 19.3. The van der Waals surface area contributed by atoms with Crippen molar-refractivity contribution in [1.29, 1.82) is 0 Å². The first-order valence-electron chi connectivity index (χ1n) is 16.4. The third kappa shape index (κ3) is 16.2. The van der Waals surface area contributed by atoms with Gasteiger partial charge >= 0.3 is 0 Å². The van der Waals surface area contributed by atoms with Gasteiger partial charge in [0.2, 0.25) is 0 Å². The van der Waals surface area contributed by atoms with Crippen LogP contribution < -0.4 is 15.4 Å². The number of carbonyl (C=O) groups is 2. The number of unbranched alkanes of at least 4 members (excludes halogenated alkanes) is 13. The van der Waals surface area contributed by atoms with Crippen LogP contribution in [-0.4, -0.2) is 18.2 Å². The van der Waals surface area contributed by atoms with Crippen LogP contribution in [-0.2, 0) is 4.79 Å². The lowest BCUT2D eigenvalue weighted by atomic mass is 10.1. The molecule has 0 bridgehead atoms. The molecule has 0 aliphatic heterocycles. The molecule has 2 aromatic rings. The number of anilines is 2. The number of hydrogen-bond acceptors (Lipinski definition) is 5. The molecule has 230 valence electrons. The van der Waals surface area contributed by atoms with Crippen LogP contribution in [0, 0.1) is 0 Å². The number of hydrogen-bond donors (Lipinski definition) is 2. The van der Waals surface area contributed by atoms with Gasteiger partial charge in [0.05, 0.1) is 18.0 Å². The fraction of sp³-hybridized carbons (Fsp3) is 0.514. The second-order valence-corrected chi connectivity index (χ2v) is 11.1. The van der Waals surface area contributed by atoms with Gasteiger partial charge in [0, 0.05) is 36.5 Å². The highest BCUT2D eigenvalue weighted by Gasteiger charge is 2.05. The monoisotopic (exact) mass is 574 g/mol. The van der Waals surface area contributed by atoms with Crippen LogP contribution in [0.4, 0.5) is 11.4 Å². The van der Waals surface area contributed by atoms with Gasteiger partial charge in [-0.2, -0.15) is 0 Å². The molecule has 0 fully saturated rings. The Labute approximate surface area is 255 Å². The Bertz CT molecular complexity index is 1060. The van der Waals surface area contributed by atoms with Crippen molar-refractivity contribution in [3.8, 4) is 5.75 Å². The van der Waals surface area contributed by atoms with E-state index in [4.69, 9.17) is 4.74 Å². The van der Waals surface area contributed by atoms with Crippen LogP contribution in [0.3, 0.4) is 0 Å². The van der Waals surface area contributed by atoms with Crippen molar-refractivity contribution in [3.05, 3.63) is 78.6 Å². The Hall–Kier alpha value is -3.34. The SMILES string of the molecule is CCCCCCCCCCCC(=O)/C=C/Nc1cc(OCCCCCCCC)ccc1N/C=C/C(=O)c1ccccc1. The summed E-state index contributed by atoms with van der Waals surface area (Å²) in [5.74, 6) is 0.831. The second kappa shape index (κ2) is 23.2. The molecular weight excluding hydrogens is 520 g/mol. The van der Waals surface area contributed by atoms with E-state index in [1.807, 2.05) is 36.4 Å². The Balaban J connectivity index is 1.87. The van der Waals surface area contributed by atoms with Gasteiger partial charge in [0.15, 0.2) is 11.6 Å². The lowest BCUT2D eigenvalue weighted by molar-refractivity contribution is -0.114. The molecule has 0 atom stereocenters. The smallest absolute Gasteiger partial charge is 0.187 e. The average Bonchev–Trinajstić information content (AvgIpc) is 3.01. The van der Waals surface area contributed by atoms with Crippen LogP contribution >= 0.6 is 0 Å². The molecule has 0 radical (unpaired) electrons. The van der Waals surface area contributed by atoms with E-state index < -0.39 is 0 Å². The summed E-state index contributed by atoms with van der Waals surface area (Å²) < 4.78 is 6.02. The van der Waals surface area contributed by atoms with Crippen molar-refractivity contribution >= 4 is 22.9 Å². The third-order valence-electron chi connectivity index (χ3n) is 7.32. The molecule has 0 unspecified atom stereocenters. The van der Waals surface area contributed by atoms with Crippen LogP contribution in [0.1, 0.15) is 127 Å². The van der Waals surface area contributed by atoms with E-state index in [1.54, 1.807) is 30.6 Å². The van der Waals surface area contributed by atoms with E-state index in [0.717, 1.165) is 36.4 Å². The molecule has 5 heteroatoms. The highest BCUT2D eigenvalue weighted by Crippen LogP contribution is 2.28. The summed E-state index contributed by atoms with van der Waals surface area (Å²) in [5.41, 5.74) is 2.20. The third-order valence-corrected chi connectivity index (χ3v) is 7.32. The lowest BCUT2D eigenvalue weighted by Crippen LogP contribution is -2.01. The number of carbonyl (C=O) groups excluding carboxylic acids is 2. The second-order valence-electron chi connectivity index (χ2n) is 11.1. The van der Waals surface area contributed by atoms with E-state index in [9.17, 15) is 9.59 Å². The van der Waals surface area contributed by atoms with Gasteiger partial charge in [-0.25, -0.2) is 0 Å². The van der Waals surface area contributed by atoms with E-state index in [0.29, 0.717) is 18.6 Å². The Morgan fingerprint density at radius 1 is 0.643 bits per heavy atom. The number of ketones is 2. The molecule has 0 amide bonds. The van der Waals surface area contributed by atoms with Gasteiger partial charge in [-0.05, 0) is 31.1 Å². The predicted octanol–water partition coefficient (Wildman–Crippen LogP) is 10.6. The van der Waals surface area contributed by atoms with Gasteiger partial charge in [0.1, 0.15) is 5.75 Å². The highest BCUT2D eigenvalue weighted by molar-refractivity contribution is 6.04. The van der Waals surface area contributed by atoms with Crippen LogP contribution in [0.15, 0.2) is 73.1 Å². The minimum atomic E-state index is -0.0708. The minimum Gasteiger partial charge on any atom is -0.494 e. The number of nitrogens with one attached hydrogen (secondary N) is 2. The van der Waals surface area contributed by atoms with E-state index >= 15 is 0 Å². The van der Waals surface area contributed by atoms with Crippen LogP contribution in [0.2, 0.25) is 0 Å². The molecule has 2 N–H and O–H groups in total. The fourth-order valence-electron chi connectivity index (χ4n) is 4.75. The van der Waals surface area contributed by atoms with Crippen LogP contribution in [0.25, 0.3) is 0 Å². The Morgan fingerprint density at radius 2 is 1.21 bits per heavy atom.